The Morgan fingerprint density at radius 1 is 1.21 bits per heavy atom. The second-order valence-electron chi connectivity index (χ2n) is 7.24. The fourth-order valence-electron chi connectivity index (χ4n) is 3.52. The van der Waals surface area contributed by atoms with Gasteiger partial charge in [0.2, 0.25) is 0 Å². The number of carbonyl (C=O) groups excluding carboxylic acids is 1. The van der Waals surface area contributed by atoms with Crippen LogP contribution in [0.25, 0.3) is 10.8 Å². The first kappa shape index (κ1) is 20.5. The molecule has 152 valence electrons. The highest BCUT2D eigenvalue weighted by Gasteiger charge is 2.17. The van der Waals surface area contributed by atoms with Gasteiger partial charge in [0, 0.05) is 29.4 Å². The molecule has 0 aliphatic heterocycles. The number of H-pyrrole nitrogens is 1. The van der Waals surface area contributed by atoms with E-state index in [1.54, 1.807) is 24.3 Å². The van der Waals surface area contributed by atoms with Crippen LogP contribution in [-0.2, 0) is 6.54 Å². The minimum Gasteiger partial charge on any atom is -0.364 e. The van der Waals surface area contributed by atoms with E-state index in [4.69, 9.17) is 0 Å². The van der Waals surface area contributed by atoms with Gasteiger partial charge in [-0.15, -0.1) is 0 Å². The monoisotopic (exact) mass is 393 g/mol. The zero-order valence-corrected chi connectivity index (χ0v) is 17.4. The number of hydrazone groups is 1. The summed E-state index contributed by atoms with van der Waals surface area (Å²) < 4.78 is 1.39. The molecule has 3 rings (SSSR count). The normalized spacial score (nSPS) is 11.8. The van der Waals surface area contributed by atoms with Gasteiger partial charge in [0.05, 0.1) is 11.1 Å². The lowest BCUT2D eigenvalue weighted by atomic mass is 10.1. The number of aryl methyl sites for hydroxylation is 3. The molecule has 3 aromatic rings. The van der Waals surface area contributed by atoms with Gasteiger partial charge in [0.1, 0.15) is 0 Å². The van der Waals surface area contributed by atoms with Crippen molar-refractivity contribution in [2.75, 3.05) is 0 Å². The Bertz CT molecular complexity index is 1100. The van der Waals surface area contributed by atoms with Crippen molar-refractivity contribution in [1.29, 1.82) is 0 Å². The molecule has 0 spiro atoms. The lowest BCUT2D eigenvalue weighted by molar-refractivity contribution is 0.0949. The highest BCUT2D eigenvalue weighted by molar-refractivity contribution is 6.06. The lowest BCUT2D eigenvalue weighted by Gasteiger charge is -2.10. The van der Waals surface area contributed by atoms with Crippen molar-refractivity contribution in [3.63, 3.8) is 0 Å². The van der Waals surface area contributed by atoms with Crippen LogP contribution in [0.2, 0.25) is 0 Å². The molecule has 7 heteroatoms. The van der Waals surface area contributed by atoms with Gasteiger partial charge >= 0.3 is 0 Å². The van der Waals surface area contributed by atoms with Gasteiger partial charge < -0.3 is 4.98 Å². The maximum Gasteiger partial charge on any atom is 0.292 e. The third kappa shape index (κ3) is 4.29. The summed E-state index contributed by atoms with van der Waals surface area (Å²) in [6.07, 6.45) is 4.79. The minimum atomic E-state index is -0.435. The number of hydrogen-bond donors (Lipinski definition) is 2. The first-order chi connectivity index (χ1) is 13.9. The van der Waals surface area contributed by atoms with Crippen LogP contribution in [0.3, 0.4) is 0 Å². The number of aromatic amines is 1. The first-order valence-electron chi connectivity index (χ1n) is 9.93. The molecule has 2 heterocycles. The van der Waals surface area contributed by atoms with E-state index in [9.17, 15) is 9.59 Å². The third-order valence-electron chi connectivity index (χ3n) is 5.02. The second-order valence-corrected chi connectivity index (χ2v) is 7.24. The molecule has 0 fully saturated rings. The van der Waals surface area contributed by atoms with E-state index in [0.29, 0.717) is 23.0 Å². The molecule has 0 saturated heterocycles. The van der Waals surface area contributed by atoms with Gasteiger partial charge in [-0.25, -0.2) is 10.1 Å². The van der Waals surface area contributed by atoms with E-state index in [1.165, 1.54) is 4.68 Å². The van der Waals surface area contributed by atoms with E-state index in [0.717, 1.165) is 36.1 Å². The van der Waals surface area contributed by atoms with Gasteiger partial charge in [0.15, 0.2) is 5.69 Å². The summed E-state index contributed by atoms with van der Waals surface area (Å²) in [4.78, 5) is 28.8. The fourth-order valence-corrected chi connectivity index (χ4v) is 3.52. The zero-order chi connectivity index (χ0) is 21.0. The topological polar surface area (TPSA) is 92.1 Å². The molecule has 1 amide bonds. The molecular weight excluding hydrogens is 366 g/mol. The standard InChI is InChI=1S/C22H27N5O2/c1-5-6-9-12-27-22(29)18-11-8-7-10-17(18)20(26-27)21(28)25-24-16(4)19-14(2)13-23-15(19)3/h7-8,10-11,13,23H,5-6,9,12H2,1-4H3,(H,25,28)/b24-16+. The van der Waals surface area contributed by atoms with Crippen molar-refractivity contribution in [2.24, 2.45) is 5.10 Å². The maximum absolute atomic E-state index is 12.9. The zero-order valence-electron chi connectivity index (χ0n) is 17.4. The van der Waals surface area contributed by atoms with Crippen LogP contribution in [0.15, 0.2) is 40.4 Å². The minimum absolute atomic E-state index is 0.175. The number of benzene rings is 1. The lowest BCUT2D eigenvalue weighted by Crippen LogP contribution is -2.29. The molecule has 0 bridgehead atoms. The third-order valence-corrected chi connectivity index (χ3v) is 5.02. The highest BCUT2D eigenvalue weighted by atomic mass is 16.2. The Morgan fingerprint density at radius 2 is 1.93 bits per heavy atom. The number of hydrogen-bond acceptors (Lipinski definition) is 4. The van der Waals surface area contributed by atoms with Crippen LogP contribution < -0.4 is 11.0 Å². The van der Waals surface area contributed by atoms with Gasteiger partial charge in [-0.3, -0.25) is 9.59 Å². The largest absolute Gasteiger partial charge is 0.364 e. The summed E-state index contributed by atoms with van der Waals surface area (Å²) in [6, 6.07) is 7.06. The number of nitrogens with one attached hydrogen (secondary N) is 2. The number of fused-ring (bicyclic) bond motifs is 1. The van der Waals surface area contributed by atoms with E-state index in [1.807, 2.05) is 27.0 Å². The van der Waals surface area contributed by atoms with Gasteiger partial charge in [-0.2, -0.15) is 10.2 Å². The number of aromatic nitrogens is 3. The summed E-state index contributed by atoms with van der Waals surface area (Å²) in [5.41, 5.74) is 6.37. The molecule has 0 atom stereocenters. The van der Waals surface area contributed by atoms with Crippen LogP contribution >= 0.6 is 0 Å². The first-order valence-corrected chi connectivity index (χ1v) is 9.93. The average molecular weight is 393 g/mol. The van der Waals surface area contributed by atoms with Gasteiger partial charge in [0.25, 0.3) is 11.5 Å². The molecule has 0 saturated carbocycles. The molecule has 0 aliphatic rings. The second kappa shape index (κ2) is 8.86. The smallest absolute Gasteiger partial charge is 0.292 e. The number of unbranched alkanes of at least 4 members (excludes halogenated alkanes) is 2. The summed E-state index contributed by atoms with van der Waals surface area (Å²) in [5, 5.41) is 9.65. The predicted molar refractivity (Wildman–Crippen MR) is 115 cm³/mol. The van der Waals surface area contributed by atoms with E-state index >= 15 is 0 Å². The van der Waals surface area contributed by atoms with Crippen molar-refractivity contribution >= 4 is 22.4 Å². The summed E-state index contributed by atoms with van der Waals surface area (Å²) in [6.45, 7) is 8.39. The quantitative estimate of drug-likeness (QED) is 0.364. The van der Waals surface area contributed by atoms with Crippen LogP contribution in [0.5, 0.6) is 0 Å². The van der Waals surface area contributed by atoms with Crippen molar-refractivity contribution in [3.05, 3.63) is 63.3 Å². The summed E-state index contributed by atoms with van der Waals surface area (Å²) in [5.74, 6) is -0.435. The molecule has 7 nitrogen and oxygen atoms in total. The number of nitrogens with zero attached hydrogens (tertiary/aromatic N) is 3. The number of amides is 1. The van der Waals surface area contributed by atoms with Crippen LogP contribution in [0.1, 0.15) is 60.4 Å². The SMILES string of the molecule is CCCCCn1nc(C(=O)N/N=C(\C)c2c(C)c[nH]c2C)c2ccccc2c1=O. The van der Waals surface area contributed by atoms with Crippen molar-refractivity contribution in [1.82, 2.24) is 20.2 Å². The number of rotatable bonds is 7. The van der Waals surface area contributed by atoms with Crippen molar-refractivity contribution in [2.45, 2.75) is 53.5 Å². The Morgan fingerprint density at radius 3 is 2.59 bits per heavy atom. The molecule has 0 unspecified atom stereocenters. The van der Waals surface area contributed by atoms with Crippen molar-refractivity contribution < 1.29 is 4.79 Å². The molecule has 0 radical (unpaired) electrons. The van der Waals surface area contributed by atoms with Gasteiger partial charge in [-0.1, -0.05) is 38.0 Å². The van der Waals surface area contributed by atoms with E-state index < -0.39 is 5.91 Å². The molecule has 29 heavy (non-hydrogen) atoms. The Balaban J connectivity index is 1.95. The highest BCUT2D eigenvalue weighted by Crippen LogP contribution is 2.15. The maximum atomic E-state index is 12.9. The Kier molecular flexibility index (Phi) is 6.26. The van der Waals surface area contributed by atoms with Crippen LogP contribution in [-0.4, -0.2) is 26.4 Å². The average Bonchev–Trinajstić information content (AvgIpc) is 3.06. The predicted octanol–water partition coefficient (Wildman–Crippen LogP) is 3.69. The summed E-state index contributed by atoms with van der Waals surface area (Å²) in [7, 11) is 0. The van der Waals surface area contributed by atoms with Crippen LogP contribution in [0, 0.1) is 13.8 Å². The fraction of sp³-hybridized carbons (Fsp3) is 0.364. The Labute approximate surface area is 169 Å². The number of carbonyl (C=O) groups is 1. The molecule has 1 aromatic carbocycles. The van der Waals surface area contributed by atoms with Gasteiger partial charge in [-0.05, 0) is 38.8 Å². The molecular formula is C22H27N5O2. The molecule has 2 N–H and O–H groups in total. The Hall–Kier alpha value is -3.22. The summed E-state index contributed by atoms with van der Waals surface area (Å²) >= 11 is 0. The van der Waals surface area contributed by atoms with Crippen LogP contribution in [0.4, 0.5) is 0 Å². The molecule has 2 aromatic heterocycles. The molecule has 0 aliphatic carbocycles. The van der Waals surface area contributed by atoms with E-state index in [2.05, 4.69) is 27.5 Å². The van der Waals surface area contributed by atoms with Crippen molar-refractivity contribution in [3.8, 4) is 0 Å². The van der Waals surface area contributed by atoms with E-state index in [-0.39, 0.29) is 11.3 Å².